The summed E-state index contributed by atoms with van der Waals surface area (Å²) in [4.78, 5) is 23.4. The zero-order valence-corrected chi connectivity index (χ0v) is 17.8. The van der Waals surface area contributed by atoms with Crippen molar-refractivity contribution in [2.24, 2.45) is 0 Å². The van der Waals surface area contributed by atoms with Crippen LogP contribution < -0.4 is 5.32 Å². The molecule has 6 nitrogen and oxygen atoms in total. The number of aryl methyl sites for hydroxylation is 2. The average Bonchev–Trinajstić information content (AvgIpc) is 2.72. The van der Waals surface area contributed by atoms with Gasteiger partial charge in [0.25, 0.3) is 5.91 Å². The SMILES string of the molecule is C=C(c1cc(C(=O)N(C)C)cc(C)n1)c1c(CC)ccnc1NC1CCOCC1. The molecule has 0 spiro atoms. The number of carbonyl (C=O) groups is 1. The zero-order valence-electron chi connectivity index (χ0n) is 17.8. The number of nitrogens with zero attached hydrogens (tertiary/aromatic N) is 3. The van der Waals surface area contributed by atoms with Crippen molar-refractivity contribution < 1.29 is 9.53 Å². The molecule has 1 saturated heterocycles. The zero-order chi connectivity index (χ0) is 21.0. The molecule has 0 radical (unpaired) electrons. The number of ether oxygens (including phenoxy) is 1. The van der Waals surface area contributed by atoms with Crippen molar-refractivity contribution in [1.82, 2.24) is 14.9 Å². The van der Waals surface area contributed by atoms with Gasteiger partial charge in [0.15, 0.2) is 0 Å². The molecule has 3 heterocycles. The second kappa shape index (κ2) is 9.18. The van der Waals surface area contributed by atoms with Gasteiger partial charge in [-0.3, -0.25) is 9.78 Å². The Hall–Kier alpha value is -2.73. The molecule has 0 aromatic carbocycles. The third-order valence-corrected chi connectivity index (χ3v) is 5.20. The van der Waals surface area contributed by atoms with Crippen LogP contribution in [-0.4, -0.2) is 54.1 Å². The molecule has 0 unspecified atom stereocenters. The lowest BCUT2D eigenvalue weighted by atomic mass is 9.96. The van der Waals surface area contributed by atoms with Crippen molar-refractivity contribution in [2.75, 3.05) is 32.6 Å². The van der Waals surface area contributed by atoms with Crippen LogP contribution in [0.1, 0.15) is 52.6 Å². The smallest absolute Gasteiger partial charge is 0.253 e. The summed E-state index contributed by atoms with van der Waals surface area (Å²) in [6.45, 7) is 9.89. The Labute approximate surface area is 173 Å². The molecule has 0 saturated carbocycles. The van der Waals surface area contributed by atoms with Crippen molar-refractivity contribution in [3.8, 4) is 0 Å². The molecule has 1 aliphatic heterocycles. The standard InChI is InChI=1S/C23H30N4O2/c1-6-17-7-10-24-22(26-19-8-11-29-12-9-19)21(17)16(3)20-14-18(13-15(2)25-20)23(28)27(4)5/h7,10,13-14,19H,3,6,8-9,11-12H2,1-2,4-5H3,(H,24,26). The lowest BCUT2D eigenvalue weighted by Crippen LogP contribution is -2.28. The van der Waals surface area contributed by atoms with Crippen LogP contribution in [0.25, 0.3) is 5.57 Å². The van der Waals surface area contributed by atoms with Gasteiger partial charge in [-0.15, -0.1) is 0 Å². The molecular formula is C23H30N4O2. The van der Waals surface area contributed by atoms with Crippen LogP contribution in [0.15, 0.2) is 31.0 Å². The van der Waals surface area contributed by atoms with E-state index in [0.717, 1.165) is 60.7 Å². The van der Waals surface area contributed by atoms with Gasteiger partial charge in [0.05, 0.1) is 5.69 Å². The number of nitrogens with one attached hydrogen (secondary N) is 1. The highest BCUT2D eigenvalue weighted by atomic mass is 16.5. The normalized spacial score (nSPS) is 14.5. The minimum atomic E-state index is -0.0491. The van der Waals surface area contributed by atoms with E-state index < -0.39 is 0 Å². The van der Waals surface area contributed by atoms with Gasteiger partial charge >= 0.3 is 0 Å². The molecule has 3 rings (SSSR count). The first-order chi connectivity index (χ1) is 13.9. The molecule has 2 aromatic rings. The van der Waals surface area contributed by atoms with E-state index in [4.69, 9.17) is 4.74 Å². The quantitative estimate of drug-likeness (QED) is 0.809. The van der Waals surface area contributed by atoms with E-state index in [1.165, 1.54) is 0 Å². The average molecular weight is 395 g/mol. The van der Waals surface area contributed by atoms with E-state index in [1.807, 2.05) is 31.3 Å². The van der Waals surface area contributed by atoms with Crippen LogP contribution in [0.3, 0.4) is 0 Å². The minimum Gasteiger partial charge on any atom is -0.381 e. The summed E-state index contributed by atoms with van der Waals surface area (Å²) in [5.74, 6) is 0.775. The Balaban J connectivity index is 2.01. The Morgan fingerprint density at radius 1 is 1.31 bits per heavy atom. The van der Waals surface area contributed by atoms with Crippen molar-refractivity contribution in [3.63, 3.8) is 0 Å². The largest absolute Gasteiger partial charge is 0.381 e. The van der Waals surface area contributed by atoms with Gasteiger partial charge in [0.1, 0.15) is 5.82 Å². The summed E-state index contributed by atoms with van der Waals surface area (Å²) in [6, 6.07) is 5.98. The highest BCUT2D eigenvalue weighted by Crippen LogP contribution is 2.31. The van der Waals surface area contributed by atoms with Crippen LogP contribution >= 0.6 is 0 Å². The number of hydrogen-bond acceptors (Lipinski definition) is 5. The first-order valence-electron chi connectivity index (χ1n) is 10.1. The van der Waals surface area contributed by atoms with Crippen molar-refractivity contribution >= 4 is 17.3 Å². The van der Waals surface area contributed by atoms with Gasteiger partial charge in [0.2, 0.25) is 0 Å². The minimum absolute atomic E-state index is 0.0491. The first kappa shape index (κ1) is 21.0. The Morgan fingerprint density at radius 2 is 2.03 bits per heavy atom. The summed E-state index contributed by atoms with van der Waals surface area (Å²) >= 11 is 0. The van der Waals surface area contributed by atoms with Crippen molar-refractivity contribution in [1.29, 1.82) is 0 Å². The number of hydrogen-bond donors (Lipinski definition) is 1. The topological polar surface area (TPSA) is 67.4 Å². The molecule has 2 aromatic heterocycles. The summed E-state index contributed by atoms with van der Waals surface area (Å²) in [5.41, 5.74) is 5.01. The van der Waals surface area contributed by atoms with E-state index in [1.54, 1.807) is 19.0 Å². The van der Waals surface area contributed by atoms with E-state index in [-0.39, 0.29) is 5.91 Å². The molecular weight excluding hydrogens is 364 g/mol. The highest BCUT2D eigenvalue weighted by Gasteiger charge is 2.20. The van der Waals surface area contributed by atoms with Gasteiger partial charge in [-0.2, -0.15) is 0 Å². The Morgan fingerprint density at radius 3 is 2.69 bits per heavy atom. The third kappa shape index (κ3) is 4.82. The van der Waals surface area contributed by atoms with E-state index in [0.29, 0.717) is 17.3 Å². The van der Waals surface area contributed by atoms with Crippen LogP contribution in [0.4, 0.5) is 5.82 Å². The van der Waals surface area contributed by atoms with Gasteiger partial charge < -0.3 is 15.0 Å². The fourth-order valence-corrected chi connectivity index (χ4v) is 3.61. The number of carbonyl (C=O) groups excluding carboxylic acids is 1. The molecule has 0 bridgehead atoms. The number of aromatic nitrogens is 2. The van der Waals surface area contributed by atoms with Crippen LogP contribution in [0, 0.1) is 6.92 Å². The van der Waals surface area contributed by atoms with E-state index in [9.17, 15) is 4.79 Å². The first-order valence-corrected chi connectivity index (χ1v) is 10.1. The maximum absolute atomic E-state index is 12.5. The van der Waals surface area contributed by atoms with Gasteiger partial charge in [-0.05, 0) is 49.9 Å². The maximum Gasteiger partial charge on any atom is 0.253 e. The number of amides is 1. The summed E-state index contributed by atoms with van der Waals surface area (Å²) in [7, 11) is 3.50. The molecule has 154 valence electrons. The van der Waals surface area contributed by atoms with Gasteiger partial charge in [-0.1, -0.05) is 13.5 Å². The molecule has 1 amide bonds. The highest BCUT2D eigenvalue weighted by molar-refractivity contribution is 5.95. The third-order valence-electron chi connectivity index (χ3n) is 5.20. The molecule has 1 aliphatic rings. The second-order valence-corrected chi connectivity index (χ2v) is 7.64. The van der Waals surface area contributed by atoms with E-state index in [2.05, 4.69) is 28.8 Å². The molecule has 29 heavy (non-hydrogen) atoms. The van der Waals surface area contributed by atoms with Crippen LogP contribution in [0.5, 0.6) is 0 Å². The second-order valence-electron chi connectivity index (χ2n) is 7.64. The van der Waals surface area contributed by atoms with Crippen LogP contribution in [-0.2, 0) is 11.2 Å². The fraction of sp³-hybridized carbons (Fsp3) is 0.435. The van der Waals surface area contributed by atoms with Crippen LogP contribution in [0.2, 0.25) is 0 Å². The lowest BCUT2D eigenvalue weighted by Gasteiger charge is -2.26. The summed E-state index contributed by atoms with van der Waals surface area (Å²) < 4.78 is 5.47. The predicted octanol–water partition coefficient (Wildman–Crippen LogP) is 3.70. The predicted molar refractivity (Wildman–Crippen MR) is 116 cm³/mol. The number of anilines is 1. The fourth-order valence-electron chi connectivity index (χ4n) is 3.61. The molecule has 6 heteroatoms. The molecule has 1 N–H and O–H groups in total. The number of rotatable bonds is 6. The van der Waals surface area contributed by atoms with Crippen molar-refractivity contribution in [2.45, 2.75) is 39.2 Å². The van der Waals surface area contributed by atoms with Gasteiger partial charge in [-0.25, -0.2) is 4.98 Å². The summed E-state index contributed by atoms with van der Waals surface area (Å²) in [5, 5.41) is 3.59. The Kier molecular flexibility index (Phi) is 6.64. The molecule has 0 atom stereocenters. The summed E-state index contributed by atoms with van der Waals surface area (Å²) in [6.07, 6.45) is 4.60. The lowest BCUT2D eigenvalue weighted by molar-refractivity contribution is 0.0827. The molecule has 1 fully saturated rings. The Bertz CT molecular complexity index is 902. The van der Waals surface area contributed by atoms with Crippen molar-refractivity contribution in [3.05, 3.63) is 59.1 Å². The molecule has 0 aliphatic carbocycles. The monoisotopic (exact) mass is 394 g/mol. The number of pyridine rings is 2. The van der Waals surface area contributed by atoms with Gasteiger partial charge in [0, 0.05) is 61.9 Å². The maximum atomic E-state index is 12.5. The van der Waals surface area contributed by atoms with E-state index >= 15 is 0 Å².